The first-order valence-corrected chi connectivity index (χ1v) is 8.78. The molecule has 0 aromatic rings. The summed E-state index contributed by atoms with van der Waals surface area (Å²) in [5.41, 5.74) is 5.76. The molecule has 0 aromatic heterocycles. The van der Waals surface area contributed by atoms with Crippen LogP contribution in [-0.2, 0) is 0 Å². The number of fused-ring (bicyclic) bond motifs is 2. The van der Waals surface area contributed by atoms with Crippen LogP contribution in [0.1, 0.15) is 58.3 Å². The molecule has 2 bridgehead atoms. The number of aliphatic hydroxyl groups is 1. The zero-order valence-electron chi connectivity index (χ0n) is 13.1. The van der Waals surface area contributed by atoms with Crippen molar-refractivity contribution in [2.45, 2.75) is 63.9 Å². The minimum absolute atomic E-state index is 0.0122. The van der Waals surface area contributed by atoms with Crippen LogP contribution in [0.3, 0.4) is 0 Å². The summed E-state index contributed by atoms with van der Waals surface area (Å²) in [6, 6.07) is 0. The van der Waals surface area contributed by atoms with E-state index in [0.29, 0.717) is 12.5 Å². The fourth-order valence-corrected chi connectivity index (χ4v) is 5.40. The first kappa shape index (κ1) is 14.8. The van der Waals surface area contributed by atoms with Crippen molar-refractivity contribution in [2.24, 2.45) is 23.0 Å². The van der Waals surface area contributed by atoms with Crippen molar-refractivity contribution in [1.29, 1.82) is 0 Å². The molecule has 1 aliphatic carbocycles. The third-order valence-corrected chi connectivity index (χ3v) is 6.83. The molecule has 116 valence electrons. The predicted octanol–water partition coefficient (Wildman–Crippen LogP) is 2.38. The van der Waals surface area contributed by atoms with Crippen LogP contribution in [0.2, 0.25) is 0 Å². The highest BCUT2D eigenvalue weighted by Crippen LogP contribution is 2.54. The second-order valence-electron chi connectivity index (χ2n) is 7.68. The molecule has 1 saturated carbocycles. The van der Waals surface area contributed by atoms with Gasteiger partial charge in [0.1, 0.15) is 0 Å². The predicted molar refractivity (Wildman–Crippen MR) is 82.5 cm³/mol. The highest BCUT2D eigenvalue weighted by Gasteiger charge is 2.57. The minimum Gasteiger partial charge on any atom is -0.389 e. The number of rotatable bonds is 4. The van der Waals surface area contributed by atoms with Gasteiger partial charge in [-0.15, -0.1) is 0 Å². The molecule has 0 aromatic carbocycles. The highest BCUT2D eigenvalue weighted by molar-refractivity contribution is 5.09. The monoisotopic (exact) mass is 280 g/mol. The Hall–Kier alpha value is -0.120. The van der Waals surface area contributed by atoms with Crippen molar-refractivity contribution in [1.82, 2.24) is 4.90 Å². The molecule has 3 rings (SSSR count). The van der Waals surface area contributed by atoms with Crippen LogP contribution in [0.15, 0.2) is 0 Å². The molecule has 0 amide bonds. The standard InChI is InChI=1S/C17H32N2O/c1-2-3-14-4-7-16(13-18,8-5-14)17(20)9-11-19-10-6-15(17)12-19/h14-15,20H,2-13,18H2,1H3. The zero-order chi connectivity index (χ0) is 14.2. The summed E-state index contributed by atoms with van der Waals surface area (Å²) in [6.07, 6.45) is 9.65. The van der Waals surface area contributed by atoms with Crippen molar-refractivity contribution < 1.29 is 5.11 Å². The van der Waals surface area contributed by atoms with Gasteiger partial charge in [-0.05, 0) is 51.0 Å². The van der Waals surface area contributed by atoms with Gasteiger partial charge in [0.2, 0.25) is 0 Å². The summed E-state index contributed by atoms with van der Waals surface area (Å²) in [5, 5.41) is 11.5. The minimum atomic E-state index is -0.480. The van der Waals surface area contributed by atoms with Gasteiger partial charge in [0.05, 0.1) is 5.60 Å². The highest BCUT2D eigenvalue weighted by atomic mass is 16.3. The Morgan fingerprint density at radius 3 is 2.55 bits per heavy atom. The van der Waals surface area contributed by atoms with E-state index in [1.54, 1.807) is 0 Å². The summed E-state index contributed by atoms with van der Waals surface area (Å²) in [5.74, 6) is 1.36. The fourth-order valence-electron chi connectivity index (χ4n) is 5.40. The molecule has 0 spiro atoms. The molecule has 3 nitrogen and oxygen atoms in total. The van der Waals surface area contributed by atoms with Gasteiger partial charge in [0.15, 0.2) is 0 Å². The molecule has 20 heavy (non-hydrogen) atoms. The topological polar surface area (TPSA) is 49.5 Å². The second kappa shape index (κ2) is 5.58. The van der Waals surface area contributed by atoms with E-state index in [9.17, 15) is 5.11 Å². The molecule has 3 heteroatoms. The lowest BCUT2D eigenvalue weighted by Gasteiger charge is -2.55. The Morgan fingerprint density at radius 2 is 1.90 bits per heavy atom. The molecule has 2 heterocycles. The summed E-state index contributed by atoms with van der Waals surface area (Å²) in [6.45, 7) is 6.33. The van der Waals surface area contributed by atoms with E-state index < -0.39 is 5.60 Å². The molecular formula is C17H32N2O. The van der Waals surface area contributed by atoms with Crippen molar-refractivity contribution in [2.75, 3.05) is 26.2 Å². The molecule has 3 fully saturated rings. The number of hydrogen-bond donors (Lipinski definition) is 2. The van der Waals surface area contributed by atoms with E-state index in [1.165, 1.54) is 38.6 Å². The maximum Gasteiger partial charge on any atom is 0.0768 e. The summed E-state index contributed by atoms with van der Waals surface area (Å²) < 4.78 is 0. The van der Waals surface area contributed by atoms with E-state index in [2.05, 4.69) is 11.8 Å². The van der Waals surface area contributed by atoms with Gasteiger partial charge in [-0.3, -0.25) is 0 Å². The van der Waals surface area contributed by atoms with Crippen LogP contribution in [-0.4, -0.2) is 41.8 Å². The van der Waals surface area contributed by atoms with Crippen molar-refractivity contribution in [3.8, 4) is 0 Å². The van der Waals surface area contributed by atoms with Crippen LogP contribution in [0, 0.1) is 17.3 Å². The van der Waals surface area contributed by atoms with Gasteiger partial charge >= 0.3 is 0 Å². The average molecular weight is 280 g/mol. The van der Waals surface area contributed by atoms with Gasteiger partial charge < -0.3 is 15.7 Å². The number of nitrogens with zero attached hydrogens (tertiary/aromatic N) is 1. The fraction of sp³-hybridized carbons (Fsp3) is 1.00. The summed E-state index contributed by atoms with van der Waals surface area (Å²) >= 11 is 0. The average Bonchev–Trinajstić information content (AvgIpc) is 2.89. The third kappa shape index (κ3) is 2.22. The molecule has 2 aliphatic heterocycles. The van der Waals surface area contributed by atoms with Gasteiger partial charge in [-0.1, -0.05) is 19.8 Å². The molecular weight excluding hydrogens is 248 g/mol. The Labute approximate surface area is 123 Å². The van der Waals surface area contributed by atoms with Crippen LogP contribution in [0.4, 0.5) is 0 Å². The molecule has 2 saturated heterocycles. The molecule has 3 unspecified atom stereocenters. The van der Waals surface area contributed by atoms with Crippen molar-refractivity contribution >= 4 is 0 Å². The SMILES string of the molecule is CCCC1CCC(CN)(C2(O)CCN3CCC2C3)CC1. The van der Waals surface area contributed by atoms with Gasteiger partial charge in [-0.2, -0.15) is 0 Å². The smallest absolute Gasteiger partial charge is 0.0768 e. The third-order valence-electron chi connectivity index (χ3n) is 6.83. The quantitative estimate of drug-likeness (QED) is 0.831. The Morgan fingerprint density at radius 1 is 1.15 bits per heavy atom. The summed E-state index contributed by atoms with van der Waals surface area (Å²) in [7, 11) is 0. The first-order valence-electron chi connectivity index (χ1n) is 8.78. The normalized spacial score (nSPS) is 48.5. The Kier molecular flexibility index (Phi) is 4.13. The van der Waals surface area contributed by atoms with E-state index >= 15 is 0 Å². The van der Waals surface area contributed by atoms with E-state index in [-0.39, 0.29) is 5.41 Å². The van der Waals surface area contributed by atoms with Gasteiger partial charge in [0.25, 0.3) is 0 Å². The molecule has 0 radical (unpaired) electrons. The lowest BCUT2D eigenvalue weighted by atomic mass is 9.55. The van der Waals surface area contributed by atoms with E-state index in [4.69, 9.17) is 5.73 Å². The largest absolute Gasteiger partial charge is 0.389 e. The summed E-state index contributed by atoms with van der Waals surface area (Å²) in [4.78, 5) is 2.52. The number of piperidine rings is 1. The molecule has 3 aliphatic rings. The van der Waals surface area contributed by atoms with E-state index in [0.717, 1.165) is 38.3 Å². The van der Waals surface area contributed by atoms with Crippen LogP contribution >= 0.6 is 0 Å². The maximum atomic E-state index is 11.5. The van der Waals surface area contributed by atoms with Crippen molar-refractivity contribution in [3.05, 3.63) is 0 Å². The maximum absolute atomic E-state index is 11.5. The van der Waals surface area contributed by atoms with Crippen LogP contribution < -0.4 is 5.73 Å². The van der Waals surface area contributed by atoms with E-state index in [1.807, 2.05) is 0 Å². The van der Waals surface area contributed by atoms with Gasteiger partial charge in [-0.25, -0.2) is 0 Å². The lowest BCUT2D eigenvalue weighted by molar-refractivity contribution is -0.157. The molecule has 3 atom stereocenters. The second-order valence-corrected chi connectivity index (χ2v) is 7.68. The molecule has 3 N–H and O–H groups in total. The zero-order valence-corrected chi connectivity index (χ0v) is 13.1. The first-order chi connectivity index (χ1) is 9.63. The van der Waals surface area contributed by atoms with Crippen molar-refractivity contribution in [3.63, 3.8) is 0 Å². The van der Waals surface area contributed by atoms with Crippen LogP contribution in [0.25, 0.3) is 0 Å². The number of nitrogens with two attached hydrogens (primary N) is 1. The number of hydrogen-bond acceptors (Lipinski definition) is 3. The Bertz CT molecular complexity index is 338. The Balaban J connectivity index is 1.75. The van der Waals surface area contributed by atoms with Crippen LogP contribution in [0.5, 0.6) is 0 Å². The van der Waals surface area contributed by atoms with Gasteiger partial charge in [0, 0.05) is 31.0 Å². The lowest BCUT2D eigenvalue weighted by Crippen LogP contribution is -2.61.